The Morgan fingerprint density at radius 2 is 1.55 bits per heavy atom. The van der Waals surface area contributed by atoms with Crippen LogP contribution in [0.5, 0.6) is 0 Å². The molecule has 2 atom stereocenters. The van der Waals surface area contributed by atoms with E-state index < -0.39 is 16.9 Å². The Labute approximate surface area is 142 Å². The molecule has 2 unspecified atom stereocenters. The first kappa shape index (κ1) is 17.8. The summed E-state index contributed by atoms with van der Waals surface area (Å²) in [5, 5.41) is 10.5. The Kier molecular flexibility index (Phi) is 4.49. The summed E-state index contributed by atoms with van der Waals surface area (Å²) in [6.45, 7) is 0. The second kappa shape index (κ2) is 5.54. The van der Waals surface area contributed by atoms with Crippen LogP contribution < -0.4 is 27.6 Å². The van der Waals surface area contributed by atoms with Gasteiger partial charge in [-0.25, -0.2) is 0 Å². The number of ketones is 1. The van der Waals surface area contributed by atoms with Crippen LogP contribution in [0.15, 0.2) is 0 Å². The average molecular weight is 311 g/mol. The summed E-state index contributed by atoms with van der Waals surface area (Å²) in [6, 6.07) is 0. The molecule has 1 saturated carbocycles. The second-order valence-electron chi connectivity index (χ2n) is 7.42. The van der Waals surface area contributed by atoms with E-state index in [0.717, 1.165) is 21.9 Å². The largest absolute Gasteiger partial charge is 0.386 e. The molecule has 2 rings (SSSR count). The van der Waals surface area contributed by atoms with E-state index in [9.17, 15) is 9.90 Å². The van der Waals surface area contributed by atoms with Gasteiger partial charge in [0.25, 0.3) is 0 Å². The standard InChI is InChI=1S/C12H20B6ClNO2/c13-4-3(8(19)7(16)6(15)5(4)14)11(20)1-2-12(17,18)10(22)9(11)21/h10,22H,1-2,13-18,20H2. The zero-order valence-corrected chi connectivity index (χ0v) is 15.1. The van der Waals surface area contributed by atoms with E-state index in [-0.39, 0.29) is 5.78 Å². The van der Waals surface area contributed by atoms with Crippen LogP contribution in [-0.2, 0) is 10.3 Å². The number of aliphatic hydroxyl groups is 1. The lowest BCUT2D eigenvalue weighted by Gasteiger charge is -2.45. The molecule has 0 radical (unpaired) electrons. The summed E-state index contributed by atoms with van der Waals surface area (Å²) in [5.74, 6) is -0.323. The zero-order chi connectivity index (χ0) is 17.0. The predicted molar refractivity (Wildman–Crippen MR) is 110 cm³/mol. The van der Waals surface area contributed by atoms with Crippen molar-refractivity contribution in [2.75, 3.05) is 0 Å². The Hall–Kier alpha value is -0.510. The monoisotopic (exact) mass is 311 g/mol. The number of rotatable bonds is 1. The quantitative estimate of drug-likeness (QED) is 0.507. The van der Waals surface area contributed by atoms with Crippen molar-refractivity contribution in [2.45, 2.75) is 29.7 Å². The van der Waals surface area contributed by atoms with Gasteiger partial charge < -0.3 is 10.8 Å². The normalized spacial score (nSPS) is 27.8. The summed E-state index contributed by atoms with van der Waals surface area (Å²) in [6.07, 6.45) is 0.111. The Balaban J connectivity index is 2.69. The van der Waals surface area contributed by atoms with E-state index in [1.807, 2.05) is 47.1 Å². The minimum Gasteiger partial charge on any atom is -0.386 e. The van der Waals surface area contributed by atoms with Gasteiger partial charge in [-0.15, -0.1) is 10.9 Å². The van der Waals surface area contributed by atoms with Gasteiger partial charge in [0.2, 0.25) is 0 Å². The Morgan fingerprint density at radius 1 is 1.05 bits per heavy atom. The molecule has 0 aliphatic heterocycles. The third-order valence-electron chi connectivity index (χ3n) is 5.65. The van der Waals surface area contributed by atoms with Crippen LogP contribution in [0.1, 0.15) is 18.4 Å². The van der Waals surface area contributed by atoms with Crippen molar-refractivity contribution >= 4 is 86.3 Å². The van der Waals surface area contributed by atoms with Crippen molar-refractivity contribution in [3.63, 3.8) is 0 Å². The second-order valence-corrected chi connectivity index (χ2v) is 7.79. The van der Waals surface area contributed by atoms with Gasteiger partial charge in [0, 0.05) is 5.02 Å². The number of Topliss-reactive ketones (excluding diaryl/α,β-unsaturated/α-hetero) is 1. The van der Waals surface area contributed by atoms with Crippen LogP contribution in [-0.4, -0.2) is 64.1 Å². The lowest BCUT2D eigenvalue weighted by Crippen LogP contribution is -2.62. The molecule has 0 aromatic heterocycles. The first-order chi connectivity index (χ1) is 9.95. The first-order valence-electron chi connectivity index (χ1n) is 7.72. The number of carbonyl (C=O) groups excluding carboxylic acids is 1. The third-order valence-corrected chi connectivity index (χ3v) is 6.12. The molecular weight excluding hydrogens is 290 g/mol. The van der Waals surface area contributed by atoms with Crippen molar-refractivity contribution in [1.82, 2.24) is 0 Å². The van der Waals surface area contributed by atoms with Gasteiger partial charge in [-0.2, -0.15) is 0 Å². The molecule has 3 N–H and O–H groups in total. The highest BCUT2D eigenvalue weighted by Crippen LogP contribution is 2.43. The fourth-order valence-corrected chi connectivity index (χ4v) is 3.88. The van der Waals surface area contributed by atoms with Crippen molar-refractivity contribution < 1.29 is 9.90 Å². The van der Waals surface area contributed by atoms with Crippen molar-refractivity contribution in [3.05, 3.63) is 10.6 Å². The molecule has 0 bridgehead atoms. The van der Waals surface area contributed by atoms with Gasteiger partial charge in [0.1, 0.15) is 58.7 Å². The predicted octanol–water partition coefficient (Wildman–Crippen LogP) is -7.37. The molecule has 10 heteroatoms. The number of aliphatic hydroxyl groups excluding tert-OH is 1. The van der Waals surface area contributed by atoms with Gasteiger partial charge >= 0.3 is 0 Å². The van der Waals surface area contributed by atoms with Crippen LogP contribution in [0.4, 0.5) is 0 Å². The van der Waals surface area contributed by atoms with E-state index in [1.165, 1.54) is 0 Å². The summed E-state index contributed by atoms with van der Waals surface area (Å²) in [5.41, 5.74) is 10.2. The minimum atomic E-state index is -1.21. The molecule has 0 amide bonds. The van der Waals surface area contributed by atoms with Crippen molar-refractivity contribution in [2.24, 2.45) is 5.73 Å². The molecule has 110 valence electrons. The number of halogens is 1. The van der Waals surface area contributed by atoms with Gasteiger partial charge in [-0.3, -0.25) is 4.79 Å². The summed E-state index contributed by atoms with van der Waals surface area (Å²) in [7, 11) is 11.7. The molecule has 1 aliphatic rings. The number of hydrogen-bond acceptors (Lipinski definition) is 3. The fourth-order valence-electron chi connectivity index (χ4n) is 3.42. The van der Waals surface area contributed by atoms with E-state index in [2.05, 4.69) is 0 Å². The molecular formula is C12H20B6ClNO2. The van der Waals surface area contributed by atoms with Gasteiger partial charge in [-0.05, 0) is 12.0 Å². The van der Waals surface area contributed by atoms with Crippen molar-refractivity contribution in [3.8, 4) is 0 Å². The highest BCUT2D eigenvalue weighted by molar-refractivity contribution is 6.65. The topological polar surface area (TPSA) is 63.3 Å². The highest BCUT2D eigenvalue weighted by Gasteiger charge is 2.51. The average Bonchev–Trinajstić information content (AvgIpc) is 2.46. The number of carbonyl (C=O) groups is 1. The number of hydrogen-bond donors (Lipinski definition) is 2. The molecule has 1 aromatic rings. The van der Waals surface area contributed by atoms with Crippen LogP contribution in [0.2, 0.25) is 10.2 Å². The third kappa shape index (κ3) is 2.42. The van der Waals surface area contributed by atoms with Crippen LogP contribution in [0.25, 0.3) is 0 Å². The lowest BCUT2D eigenvalue weighted by molar-refractivity contribution is -0.137. The van der Waals surface area contributed by atoms with E-state index in [4.69, 9.17) is 17.3 Å². The molecule has 1 aliphatic carbocycles. The zero-order valence-electron chi connectivity index (χ0n) is 14.3. The smallest absolute Gasteiger partial charge is 0.184 e. The molecule has 0 heterocycles. The molecule has 0 saturated heterocycles. The minimum absolute atomic E-state index is 0.323. The van der Waals surface area contributed by atoms with E-state index in [0.29, 0.717) is 23.4 Å². The SMILES string of the molecule is Bc1c(B)c(B)c(C2(N)CCC(B)(B)C(O)C2=O)c(Cl)c1B. The van der Waals surface area contributed by atoms with Crippen LogP contribution in [0.3, 0.4) is 0 Å². The van der Waals surface area contributed by atoms with Gasteiger partial charge in [0.05, 0.1) is 0 Å². The maximum absolute atomic E-state index is 12.8. The first-order valence-corrected chi connectivity index (χ1v) is 8.10. The molecule has 22 heavy (non-hydrogen) atoms. The van der Waals surface area contributed by atoms with E-state index >= 15 is 0 Å². The summed E-state index contributed by atoms with van der Waals surface area (Å²) < 4.78 is 0. The number of benzene rings is 1. The molecule has 3 nitrogen and oxygen atoms in total. The fraction of sp³-hybridized carbons (Fsp3) is 0.417. The Morgan fingerprint density at radius 3 is 2.09 bits per heavy atom. The maximum Gasteiger partial charge on any atom is 0.184 e. The van der Waals surface area contributed by atoms with Crippen LogP contribution in [0, 0.1) is 0 Å². The van der Waals surface area contributed by atoms with Crippen molar-refractivity contribution in [1.29, 1.82) is 0 Å². The lowest BCUT2D eigenvalue weighted by atomic mass is 9.44. The maximum atomic E-state index is 12.8. The van der Waals surface area contributed by atoms with E-state index in [1.54, 1.807) is 0 Å². The highest BCUT2D eigenvalue weighted by atomic mass is 35.5. The molecule has 1 aromatic carbocycles. The molecule has 1 fully saturated rings. The number of nitrogens with two attached hydrogens (primary N) is 1. The van der Waals surface area contributed by atoms with Crippen LogP contribution >= 0.6 is 11.6 Å². The summed E-state index contributed by atoms with van der Waals surface area (Å²) >= 11 is 6.57. The van der Waals surface area contributed by atoms with Gasteiger partial charge in [0.15, 0.2) is 5.78 Å². The Bertz CT molecular complexity index is 639. The van der Waals surface area contributed by atoms with Gasteiger partial charge in [-0.1, -0.05) is 34.2 Å². The molecule has 0 spiro atoms. The summed E-state index contributed by atoms with van der Waals surface area (Å²) in [4.78, 5) is 12.8.